The van der Waals surface area contributed by atoms with Crippen LogP contribution in [0.5, 0.6) is 0 Å². The molecular formula is C14H27NO. The van der Waals surface area contributed by atoms with E-state index in [0.717, 1.165) is 13.0 Å². The van der Waals surface area contributed by atoms with Gasteiger partial charge in [-0.1, -0.05) is 34.1 Å². The Morgan fingerprint density at radius 2 is 1.75 bits per heavy atom. The van der Waals surface area contributed by atoms with E-state index in [1.807, 2.05) is 0 Å². The van der Waals surface area contributed by atoms with Crippen molar-refractivity contribution in [1.82, 2.24) is 5.32 Å². The van der Waals surface area contributed by atoms with Gasteiger partial charge in [0, 0.05) is 13.0 Å². The third-order valence-corrected chi connectivity index (χ3v) is 3.95. The van der Waals surface area contributed by atoms with Gasteiger partial charge >= 0.3 is 0 Å². The number of hydrogen-bond donors (Lipinski definition) is 1. The fourth-order valence-electron chi connectivity index (χ4n) is 2.50. The van der Waals surface area contributed by atoms with Crippen LogP contribution in [0.4, 0.5) is 0 Å². The fraction of sp³-hybridized carbons (Fsp3) is 0.929. The Labute approximate surface area is 100 Å². The van der Waals surface area contributed by atoms with Crippen LogP contribution >= 0.6 is 0 Å². The van der Waals surface area contributed by atoms with Crippen LogP contribution in [0.3, 0.4) is 0 Å². The molecule has 0 aromatic rings. The third kappa shape index (κ3) is 4.15. The average molecular weight is 225 g/mol. The Balaban J connectivity index is 2.22. The van der Waals surface area contributed by atoms with E-state index in [0.29, 0.717) is 23.7 Å². The lowest BCUT2D eigenvalue weighted by atomic mass is 9.82. The second kappa shape index (κ2) is 6.27. The number of rotatable bonds is 6. The number of carbonyl (C=O) groups is 1. The Morgan fingerprint density at radius 3 is 2.12 bits per heavy atom. The Hall–Kier alpha value is -0.530. The molecule has 0 saturated heterocycles. The first-order valence-corrected chi connectivity index (χ1v) is 6.77. The first-order chi connectivity index (χ1) is 7.50. The zero-order chi connectivity index (χ0) is 12.1. The highest BCUT2D eigenvalue weighted by molar-refractivity contribution is 5.76. The van der Waals surface area contributed by atoms with E-state index >= 15 is 0 Å². The van der Waals surface area contributed by atoms with Crippen molar-refractivity contribution >= 4 is 5.91 Å². The molecule has 0 radical (unpaired) electrons. The Bertz CT molecular complexity index is 211. The van der Waals surface area contributed by atoms with Gasteiger partial charge in [-0.2, -0.15) is 0 Å². The minimum absolute atomic E-state index is 0.260. The van der Waals surface area contributed by atoms with E-state index in [4.69, 9.17) is 0 Å². The van der Waals surface area contributed by atoms with Crippen LogP contribution < -0.4 is 5.32 Å². The summed E-state index contributed by atoms with van der Waals surface area (Å²) in [4.78, 5) is 11.7. The predicted octanol–water partition coefficient (Wildman–Crippen LogP) is 3.22. The van der Waals surface area contributed by atoms with Crippen LogP contribution in [0.25, 0.3) is 0 Å². The molecule has 1 N–H and O–H groups in total. The van der Waals surface area contributed by atoms with Gasteiger partial charge in [0.25, 0.3) is 0 Å². The van der Waals surface area contributed by atoms with Crippen LogP contribution in [-0.4, -0.2) is 12.5 Å². The predicted molar refractivity (Wildman–Crippen MR) is 68.1 cm³/mol. The molecule has 0 spiro atoms. The molecule has 1 rings (SSSR count). The summed E-state index contributed by atoms with van der Waals surface area (Å²) in [6.07, 6.45) is 4.58. The lowest BCUT2D eigenvalue weighted by Gasteiger charge is -2.27. The fourth-order valence-corrected chi connectivity index (χ4v) is 2.50. The highest BCUT2D eigenvalue weighted by Gasteiger charge is 2.22. The van der Waals surface area contributed by atoms with Gasteiger partial charge in [0.2, 0.25) is 5.91 Å². The van der Waals surface area contributed by atoms with Crippen LogP contribution in [0.2, 0.25) is 0 Å². The molecule has 1 amide bonds. The third-order valence-electron chi connectivity index (χ3n) is 3.95. The van der Waals surface area contributed by atoms with Gasteiger partial charge in [-0.15, -0.1) is 0 Å². The zero-order valence-electron chi connectivity index (χ0n) is 11.3. The molecule has 0 atom stereocenters. The summed E-state index contributed by atoms with van der Waals surface area (Å²) >= 11 is 0. The van der Waals surface area contributed by atoms with Gasteiger partial charge in [0.05, 0.1) is 0 Å². The molecule has 2 nitrogen and oxygen atoms in total. The second-order valence-corrected chi connectivity index (χ2v) is 5.96. The Morgan fingerprint density at radius 1 is 1.19 bits per heavy atom. The van der Waals surface area contributed by atoms with E-state index in [2.05, 4.69) is 33.0 Å². The SMILES string of the molecule is CC(C)C(CNC(=O)CC1CCC1)C(C)C. The first-order valence-electron chi connectivity index (χ1n) is 6.77. The highest BCUT2D eigenvalue weighted by Crippen LogP contribution is 2.29. The molecule has 0 aromatic carbocycles. The number of nitrogens with one attached hydrogen (secondary N) is 1. The van der Waals surface area contributed by atoms with E-state index in [1.165, 1.54) is 19.3 Å². The summed E-state index contributed by atoms with van der Waals surface area (Å²) in [7, 11) is 0. The van der Waals surface area contributed by atoms with Crippen molar-refractivity contribution in [2.75, 3.05) is 6.54 Å². The normalized spacial score (nSPS) is 16.9. The van der Waals surface area contributed by atoms with Crippen LogP contribution in [0.15, 0.2) is 0 Å². The van der Waals surface area contributed by atoms with E-state index in [1.54, 1.807) is 0 Å². The molecule has 0 aromatic heterocycles. The minimum Gasteiger partial charge on any atom is -0.356 e. The molecule has 0 aliphatic heterocycles. The molecular weight excluding hydrogens is 198 g/mol. The standard InChI is InChI=1S/C14H27NO/c1-10(2)13(11(3)4)9-15-14(16)8-12-6-5-7-12/h10-13H,5-9H2,1-4H3,(H,15,16). The average Bonchev–Trinajstić information content (AvgIpc) is 2.10. The molecule has 1 fully saturated rings. The van der Waals surface area contributed by atoms with Gasteiger partial charge in [0.15, 0.2) is 0 Å². The molecule has 2 heteroatoms. The van der Waals surface area contributed by atoms with Crippen molar-refractivity contribution in [2.45, 2.75) is 53.4 Å². The van der Waals surface area contributed by atoms with Gasteiger partial charge in [-0.25, -0.2) is 0 Å². The van der Waals surface area contributed by atoms with E-state index in [9.17, 15) is 4.79 Å². The lowest BCUT2D eigenvalue weighted by molar-refractivity contribution is -0.122. The topological polar surface area (TPSA) is 29.1 Å². The molecule has 94 valence electrons. The van der Waals surface area contributed by atoms with Crippen molar-refractivity contribution in [1.29, 1.82) is 0 Å². The summed E-state index contributed by atoms with van der Waals surface area (Å²) in [5.74, 6) is 2.82. The molecule has 0 bridgehead atoms. The molecule has 0 unspecified atom stereocenters. The molecule has 16 heavy (non-hydrogen) atoms. The van der Waals surface area contributed by atoms with Gasteiger partial charge in [0.1, 0.15) is 0 Å². The quantitative estimate of drug-likeness (QED) is 0.739. The largest absolute Gasteiger partial charge is 0.356 e. The maximum atomic E-state index is 11.7. The number of amides is 1. The number of hydrogen-bond acceptors (Lipinski definition) is 1. The smallest absolute Gasteiger partial charge is 0.220 e. The summed E-state index contributed by atoms with van der Waals surface area (Å²) in [6, 6.07) is 0. The van der Waals surface area contributed by atoms with Crippen molar-refractivity contribution in [3.05, 3.63) is 0 Å². The van der Waals surface area contributed by atoms with E-state index < -0.39 is 0 Å². The van der Waals surface area contributed by atoms with Crippen LogP contribution in [0.1, 0.15) is 53.4 Å². The van der Waals surface area contributed by atoms with Gasteiger partial charge in [-0.05, 0) is 36.5 Å². The first kappa shape index (κ1) is 13.5. The van der Waals surface area contributed by atoms with E-state index in [-0.39, 0.29) is 5.91 Å². The molecule has 1 aliphatic rings. The minimum atomic E-state index is 0.260. The summed E-state index contributed by atoms with van der Waals surface area (Å²) in [5.41, 5.74) is 0. The zero-order valence-corrected chi connectivity index (χ0v) is 11.3. The summed E-state index contributed by atoms with van der Waals surface area (Å²) in [6.45, 7) is 9.80. The summed E-state index contributed by atoms with van der Waals surface area (Å²) in [5, 5.41) is 3.11. The van der Waals surface area contributed by atoms with Gasteiger partial charge in [-0.3, -0.25) is 4.79 Å². The molecule has 1 saturated carbocycles. The Kier molecular flexibility index (Phi) is 5.30. The monoisotopic (exact) mass is 225 g/mol. The molecule has 0 heterocycles. The molecule has 1 aliphatic carbocycles. The van der Waals surface area contributed by atoms with Crippen LogP contribution in [0, 0.1) is 23.7 Å². The second-order valence-electron chi connectivity index (χ2n) is 5.96. The maximum Gasteiger partial charge on any atom is 0.220 e. The van der Waals surface area contributed by atoms with Crippen LogP contribution in [-0.2, 0) is 4.79 Å². The lowest BCUT2D eigenvalue weighted by Crippen LogP contribution is -2.35. The van der Waals surface area contributed by atoms with Crippen molar-refractivity contribution in [2.24, 2.45) is 23.7 Å². The van der Waals surface area contributed by atoms with Gasteiger partial charge < -0.3 is 5.32 Å². The van der Waals surface area contributed by atoms with Crippen molar-refractivity contribution < 1.29 is 4.79 Å². The van der Waals surface area contributed by atoms with Crippen molar-refractivity contribution in [3.8, 4) is 0 Å². The summed E-state index contributed by atoms with van der Waals surface area (Å²) < 4.78 is 0. The maximum absolute atomic E-state index is 11.7. The highest BCUT2D eigenvalue weighted by atomic mass is 16.1. The van der Waals surface area contributed by atoms with Crippen molar-refractivity contribution in [3.63, 3.8) is 0 Å². The number of carbonyl (C=O) groups excluding carboxylic acids is 1.